The molecule has 0 N–H and O–H groups in total. The molecule has 0 aromatic heterocycles. The van der Waals surface area contributed by atoms with Gasteiger partial charge in [0.1, 0.15) is 6.10 Å². The van der Waals surface area contributed by atoms with Crippen LogP contribution in [0, 0.1) is 11.8 Å². The van der Waals surface area contributed by atoms with Crippen LogP contribution in [0.3, 0.4) is 0 Å². The number of hydrogen-bond donors (Lipinski definition) is 0. The summed E-state index contributed by atoms with van der Waals surface area (Å²) in [6, 6.07) is 0. The van der Waals surface area contributed by atoms with Gasteiger partial charge in [-0.15, -0.1) is 0 Å². The quantitative estimate of drug-likeness (QED) is 0.583. The smallest absolute Gasteiger partial charge is 0.375 e. The largest absolute Gasteiger partial charge is 0.400 e. The van der Waals surface area contributed by atoms with Gasteiger partial charge in [-0.2, -0.15) is 26.3 Å². The summed E-state index contributed by atoms with van der Waals surface area (Å²) in [5.41, 5.74) is 0. The van der Waals surface area contributed by atoms with Crippen molar-refractivity contribution in [3.63, 3.8) is 0 Å². The zero-order valence-electron chi connectivity index (χ0n) is 10.6. The summed E-state index contributed by atoms with van der Waals surface area (Å²) in [5.74, 6) is -4.62. The van der Waals surface area contributed by atoms with E-state index in [2.05, 4.69) is 0 Å². The Kier molecular flexibility index (Phi) is 4.53. The summed E-state index contributed by atoms with van der Waals surface area (Å²) >= 11 is 0. The van der Waals surface area contributed by atoms with Crippen LogP contribution in [0.15, 0.2) is 0 Å². The first-order chi connectivity index (χ1) is 9.18. The van der Waals surface area contributed by atoms with Gasteiger partial charge in [-0.25, -0.2) is 0 Å². The molecule has 1 unspecified atom stereocenters. The Hall–Kier alpha value is -0.500. The van der Waals surface area contributed by atoms with E-state index in [9.17, 15) is 26.3 Å². The van der Waals surface area contributed by atoms with E-state index in [0.29, 0.717) is 13.2 Å². The lowest BCUT2D eigenvalue weighted by Crippen LogP contribution is -2.43. The molecule has 2 rings (SSSR count). The molecule has 20 heavy (non-hydrogen) atoms. The van der Waals surface area contributed by atoms with Crippen molar-refractivity contribution in [2.45, 2.75) is 50.2 Å². The van der Waals surface area contributed by atoms with Crippen LogP contribution in [0.4, 0.5) is 26.3 Å². The number of epoxide rings is 1. The van der Waals surface area contributed by atoms with Gasteiger partial charge in [0, 0.05) is 0 Å². The van der Waals surface area contributed by atoms with E-state index in [0.717, 1.165) is 0 Å². The highest BCUT2D eigenvalue weighted by Crippen LogP contribution is 2.48. The molecule has 0 amide bonds. The van der Waals surface area contributed by atoms with E-state index in [1.807, 2.05) is 0 Å². The molecule has 0 spiro atoms. The van der Waals surface area contributed by atoms with Crippen molar-refractivity contribution in [3.05, 3.63) is 0 Å². The summed E-state index contributed by atoms with van der Waals surface area (Å²) in [6.45, 7) is 0.983. The van der Waals surface area contributed by atoms with Crippen molar-refractivity contribution in [1.29, 1.82) is 0 Å². The molecule has 1 heterocycles. The summed E-state index contributed by atoms with van der Waals surface area (Å²) in [5, 5.41) is 0. The predicted molar refractivity (Wildman–Crippen MR) is 57.0 cm³/mol. The second-order valence-electron chi connectivity index (χ2n) is 5.39. The molecule has 0 aromatic carbocycles. The van der Waals surface area contributed by atoms with E-state index in [1.165, 1.54) is 0 Å². The molecule has 2 fully saturated rings. The van der Waals surface area contributed by atoms with Crippen LogP contribution in [0.1, 0.15) is 25.7 Å². The highest BCUT2D eigenvalue weighted by atomic mass is 19.4. The minimum absolute atomic E-state index is 0.0471. The fourth-order valence-electron chi connectivity index (χ4n) is 2.72. The van der Waals surface area contributed by atoms with Crippen molar-refractivity contribution in [3.8, 4) is 0 Å². The summed E-state index contributed by atoms with van der Waals surface area (Å²) < 4.78 is 85.9. The lowest BCUT2D eigenvalue weighted by Gasteiger charge is -2.35. The van der Waals surface area contributed by atoms with Crippen molar-refractivity contribution >= 4 is 0 Å². The molecule has 1 aliphatic carbocycles. The SMILES string of the molecule is FC(F)(F)C(C1CCC(OCC2CO2)CC1)C(F)(F)F. The van der Waals surface area contributed by atoms with E-state index in [4.69, 9.17) is 9.47 Å². The first-order valence-corrected chi connectivity index (χ1v) is 6.54. The van der Waals surface area contributed by atoms with Crippen molar-refractivity contribution < 1.29 is 35.8 Å². The van der Waals surface area contributed by atoms with Gasteiger partial charge in [0.15, 0.2) is 5.92 Å². The fraction of sp³-hybridized carbons (Fsp3) is 1.00. The zero-order chi connectivity index (χ0) is 15.0. The van der Waals surface area contributed by atoms with Crippen LogP contribution in [0.5, 0.6) is 0 Å². The molecule has 118 valence electrons. The Balaban J connectivity index is 1.86. The molecule has 0 radical (unpaired) electrons. The number of hydrogen-bond acceptors (Lipinski definition) is 2. The molecule has 1 saturated carbocycles. The van der Waals surface area contributed by atoms with Gasteiger partial charge >= 0.3 is 12.4 Å². The first-order valence-electron chi connectivity index (χ1n) is 6.54. The summed E-state index contributed by atoms with van der Waals surface area (Å²) in [6.07, 6.45) is -10.4. The van der Waals surface area contributed by atoms with Crippen LogP contribution in [0.25, 0.3) is 0 Å². The Morgan fingerprint density at radius 1 is 0.950 bits per heavy atom. The average Bonchev–Trinajstić information content (AvgIpc) is 3.08. The maximum Gasteiger partial charge on any atom is 0.400 e. The third-order valence-electron chi connectivity index (χ3n) is 3.82. The minimum atomic E-state index is -5.24. The Morgan fingerprint density at radius 3 is 1.85 bits per heavy atom. The van der Waals surface area contributed by atoms with Gasteiger partial charge in [0.2, 0.25) is 0 Å². The van der Waals surface area contributed by atoms with Gasteiger partial charge in [0.25, 0.3) is 0 Å². The molecule has 1 saturated heterocycles. The third kappa shape index (κ3) is 4.25. The summed E-state index contributed by atoms with van der Waals surface area (Å²) in [4.78, 5) is 0. The monoisotopic (exact) mass is 306 g/mol. The summed E-state index contributed by atoms with van der Waals surface area (Å²) in [7, 11) is 0. The van der Waals surface area contributed by atoms with Gasteiger partial charge in [-0.1, -0.05) is 0 Å². The van der Waals surface area contributed by atoms with E-state index >= 15 is 0 Å². The molecular weight excluding hydrogens is 290 g/mol. The molecule has 1 atom stereocenters. The molecule has 2 aliphatic rings. The number of halogens is 6. The average molecular weight is 306 g/mol. The molecule has 1 aliphatic heterocycles. The van der Waals surface area contributed by atoms with Crippen LogP contribution >= 0.6 is 0 Å². The number of alkyl halides is 6. The van der Waals surface area contributed by atoms with Gasteiger partial charge < -0.3 is 9.47 Å². The minimum Gasteiger partial charge on any atom is -0.375 e. The molecule has 0 aromatic rings. The van der Waals surface area contributed by atoms with E-state index in [1.54, 1.807) is 0 Å². The van der Waals surface area contributed by atoms with Crippen LogP contribution in [-0.4, -0.2) is 37.8 Å². The van der Waals surface area contributed by atoms with Crippen molar-refractivity contribution in [2.24, 2.45) is 11.8 Å². The Morgan fingerprint density at radius 2 is 1.45 bits per heavy atom. The van der Waals surface area contributed by atoms with Gasteiger partial charge in [0.05, 0.1) is 19.3 Å². The maximum atomic E-state index is 12.6. The molecule has 8 heteroatoms. The third-order valence-corrected chi connectivity index (χ3v) is 3.82. The van der Waals surface area contributed by atoms with Crippen LogP contribution in [0.2, 0.25) is 0 Å². The van der Waals surface area contributed by atoms with Crippen molar-refractivity contribution in [1.82, 2.24) is 0 Å². The first kappa shape index (κ1) is 15.9. The lowest BCUT2D eigenvalue weighted by atomic mass is 9.78. The zero-order valence-corrected chi connectivity index (χ0v) is 10.6. The topological polar surface area (TPSA) is 21.8 Å². The lowest BCUT2D eigenvalue weighted by molar-refractivity contribution is -0.301. The molecule has 0 bridgehead atoms. The standard InChI is InChI=1S/C12H16F6O2/c13-11(14,15)10(12(16,17)18)7-1-3-8(4-2-7)19-5-9-6-20-9/h7-10H,1-6H2. The van der Waals surface area contributed by atoms with E-state index < -0.39 is 24.2 Å². The van der Waals surface area contributed by atoms with Crippen LogP contribution < -0.4 is 0 Å². The number of ether oxygens (including phenoxy) is 2. The molecule has 2 nitrogen and oxygen atoms in total. The van der Waals surface area contributed by atoms with E-state index in [-0.39, 0.29) is 37.9 Å². The fourth-order valence-corrected chi connectivity index (χ4v) is 2.72. The Bertz CT molecular complexity index is 301. The van der Waals surface area contributed by atoms with Gasteiger partial charge in [-0.3, -0.25) is 0 Å². The predicted octanol–water partition coefficient (Wildman–Crippen LogP) is 3.70. The van der Waals surface area contributed by atoms with Crippen molar-refractivity contribution in [2.75, 3.05) is 13.2 Å². The second-order valence-corrected chi connectivity index (χ2v) is 5.39. The highest BCUT2D eigenvalue weighted by molar-refractivity contribution is 4.86. The number of rotatable bonds is 4. The van der Waals surface area contributed by atoms with Crippen LogP contribution in [-0.2, 0) is 9.47 Å². The van der Waals surface area contributed by atoms with Gasteiger partial charge in [-0.05, 0) is 31.6 Å². The Labute approximate surface area is 112 Å². The highest BCUT2D eigenvalue weighted by Gasteiger charge is 2.60. The normalized spacial score (nSPS) is 31.6. The maximum absolute atomic E-state index is 12.6. The second kappa shape index (κ2) is 5.71. The molecular formula is C12H16F6O2.